The molecule has 6 heteroatoms. The number of nitrogens with two attached hydrogens (primary N) is 1. The van der Waals surface area contributed by atoms with Gasteiger partial charge in [0.05, 0.1) is 11.6 Å². The van der Waals surface area contributed by atoms with Gasteiger partial charge in [0.25, 0.3) is 5.91 Å². The van der Waals surface area contributed by atoms with E-state index >= 15 is 0 Å². The smallest absolute Gasteiger partial charge is 0.323 e. The molecule has 2 fully saturated rings. The van der Waals surface area contributed by atoms with E-state index < -0.39 is 11.9 Å². The number of hydrogen-bond acceptors (Lipinski definition) is 4. The molecule has 0 unspecified atom stereocenters. The normalized spacial score (nSPS) is 16.6. The van der Waals surface area contributed by atoms with E-state index in [2.05, 4.69) is 19.1 Å². The average Bonchev–Trinajstić information content (AvgIpc) is 3.68. The van der Waals surface area contributed by atoms with E-state index in [1.54, 1.807) is 4.90 Å². The monoisotopic (exact) mass is 416 g/mol. The highest BCUT2D eigenvalue weighted by Crippen LogP contribution is 2.42. The van der Waals surface area contributed by atoms with Gasteiger partial charge in [-0.15, -0.1) is 0 Å². The summed E-state index contributed by atoms with van der Waals surface area (Å²) in [6.45, 7) is 3.19. The van der Waals surface area contributed by atoms with Crippen molar-refractivity contribution in [2.24, 2.45) is 5.84 Å². The topological polar surface area (TPSA) is 90.4 Å². The summed E-state index contributed by atoms with van der Waals surface area (Å²) < 4.78 is 0. The third kappa shape index (κ3) is 4.47. The van der Waals surface area contributed by atoms with Gasteiger partial charge < -0.3 is 4.90 Å². The number of amides is 3. The van der Waals surface area contributed by atoms with Crippen LogP contribution in [-0.2, 0) is 6.42 Å². The Kier molecular flexibility index (Phi) is 6.06. The molecule has 2 N–H and O–H groups in total. The number of piperidine rings is 1. The average molecular weight is 417 g/mol. The van der Waals surface area contributed by atoms with Crippen LogP contribution in [0.2, 0.25) is 0 Å². The number of carbonyl (C=O) groups is 2. The minimum Gasteiger partial charge on any atom is -0.323 e. The first-order valence-electron chi connectivity index (χ1n) is 11.0. The Morgan fingerprint density at radius 3 is 2.32 bits per heavy atom. The second-order valence-electron chi connectivity index (χ2n) is 8.50. The molecule has 4 rings (SSSR count). The van der Waals surface area contributed by atoms with Gasteiger partial charge >= 0.3 is 6.03 Å². The maximum absolute atomic E-state index is 13.1. The molecule has 0 aromatic heterocycles. The maximum Gasteiger partial charge on any atom is 0.341 e. The first kappa shape index (κ1) is 21.1. The number of hydrogen-bond donors (Lipinski definition) is 1. The number of hydrazine groups is 1. The van der Waals surface area contributed by atoms with E-state index in [1.165, 1.54) is 11.1 Å². The lowest BCUT2D eigenvalue weighted by Crippen LogP contribution is -2.52. The Morgan fingerprint density at radius 1 is 1.06 bits per heavy atom. The Hall–Kier alpha value is -3.17. The van der Waals surface area contributed by atoms with Crippen LogP contribution in [0.5, 0.6) is 0 Å². The van der Waals surface area contributed by atoms with Gasteiger partial charge in [0.15, 0.2) is 0 Å². The third-order valence-electron chi connectivity index (χ3n) is 6.47. The summed E-state index contributed by atoms with van der Waals surface area (Å²) in [5.41, 5.74) is 4.58. The molecule has 1 saturated carbocycles. The van der Waals surface area contributed by atoms with Crippen molar-refractivity contribution >= 4 is 11.9 Å². The van der Waals surface area contributed by atoms with Gasteiger partial charge in [-0.3, -0.25) is 4.79 Å². The van der Waals surface area contributed by atoms with Crippen molar-refractivity contribution < 1.29 is 9.59 Å². The van der Waals surface area contributed by atoms with Gasteiger partial charge in [0, 0.05) is 18.7 Å². The Morgan fingerprint density at radius 2 is 1.74 bits per heavy atom. The Labute approximate surface area is 183 Å². The molecule has 0 bridgehead atoms. The molecule has 31 heavy (non-hydrogen) atoms. The van der Waals surface area contributed by atoms with E-state index in [9.17, 15) is 9.59 Å². The van der Waals surface area contributed by atoms with Gasteiger partial charge in [-0.2, -0.15) is 10.3 Å². The summed E-state index contributed by atoms with van der Waals surface area (Å²) in [7, 11) is 0. The third-order valence-corrected chi connectivity index (χ3v) is 6.47. The summed E-state index contributed by atoms with van der Waals surface area (Å²) in [6.07, 6.45) is 4.67. The summed E-state index contributed by atoms with van der Waals surface area (Å²) in [4.78, 5) is 27.6. The summed E-state index contributed by atoms with van der Waals surface area (Å²) >= 11 is 0. The molecule has 0 atom stereocenters. The zero-order chi connectivity index (χ0) is 22.0. The minimum absolute atomic E-state index is 0.335. The largest absolute Gasteiger partial charge is 0.341 e. The highest BCUT2D eigenvalue weighted by atomic mass is 16.2. The fraction of sp³-hybridized carbons (Fsp3) is 0.400. The number of carbonyl (C=O) groups excluding carboxylic acids is 2. The first-order chi connectivity index (χ1) is 15.0. The predicted molar refractivity (Wildman–Crippen MR) is 118 cm³/mol. The minimum atomic E-state index is -0.440. The highest BCUT2D eigenvalue weighted by Gasteiger charge is 2.33. The summed E-state index contributed by atoms with van der Waals surface area (Å²) in [6, 6.07) is 15.2. The molecule has 2 aromatic rings. The molecule has 6 nitrogen and oxygen atoms in total. The molecule has 160 valence electrons. The number of likely N-dealkylation sites (tertiary alicyclic amines) is 1. The van der Waals surface area contributed by atoms with Crippen LogP contribution in [0.15, 0.2) is 42.5 Å². The molecule has 1 saturated heterocycles. The van der Waals surface area contributed by atoms with Crippen molar-refractivity contribution in [3.05, 3.63) is 70.3 Å². The number of urea groups is 1. The van der Waals surface area contributed by atoms with Crippen LogP contribution in [0, 0.1) is 11.3 Å². The van der Waals surface area contributed by atoms with Crippen LogP contribution < -0.4 is 5.84 Å². The lowest BCUT2D eigenvalue weighted by atomic mass is 9.89. The number of nitrogens with zero attached hydrogens (tertiary/aromatic N) is 3. The van der Waals surface area contributed by atoms with Crippen LogP contribution in [0.1, 0.15) is 77.1 Å². The van der Waals surface area contributed by atoms with Gasteiger partial charge in [-0.25, -0.2) is 10.6 Å². The number of benzene rings is 2. The van der Waals surface area contributed by atoms with Gasteiger partial charge in [-0.1, -0.05) is 31.2 Å². The zero-order valence-corrected chi connectivity index (χ0v) is 17.9. The van der Waals surface area contributed by atoms with E-state index in [4.69, 9.17) is 11.1 Å². The van der Waals surface area contributed by atoms with Crippen molar-refractivity contribution in [3.8, 4) is 6.07 Å². The molecular weight excluding hydrogens is 388 g/mol. The van der Waals surface area contributed by atoms with Crippen molar-refractivity contribution in [1.82, 2.24) is 9.91 Å². The molecular formula is C25H28N4O2. The van der Waals surface area contributed by atoms with Crippen molar-refractivity contribution in [3.63, 3.8) is 0 Å². The lowest BCUT2D eigenvalue weighted by molar-refractivity contribution is 0.0744. The van der Waals surface area contributed by atoms with E-state index in [-0.39, 0.29) is 0 Å². The maximum atomic E-state index is 13.1. The SMILES string of the molecule is CCc1ccc(C(=O)N(N)C(=O)N2CCC(c3ccc(C#N)cc3)CC2)c(C2CC2)c1. The van der Waals surface area contributed by atoms with Crippen LogP contribution in [0.3, 0.4) is 0 Å². The standard InChI is InChI=1S/C25H28N4O2/c1-2-17-5-10-22(23(15-17)21-8-9-21)24(30)29(27)25(31)28-13-11-20(12-14-28)19-6-3-18(16-26)4-7-19/h3-7,10,15,20-21H,2,8-9,11-14,27H2,1H3. The molecule has 0 spiro atoms. The number of aryl methyl sites for hydroxylation is 1. The van der Waals surface area contributed by atoms with Gasteiger partial charge in [0.1, 0.15) is 0 Å². The molecule has 0 radical (unpaired) electrons. The van der Waals surface area contributed by atoms with E-state index in [1.807, 2.05) is 36.4 Å². The fourth-order valence-electron chi connectivity index (χ4n) is 4.36. The Balaban J connectivity index is 1.41. The van der Waals surface area contributed by atoms with Crippen molar-refractivity contribution in [1.29, 1.82) is 5.26 Å². The van der Waals surface area contributed by atoms with Crippen molar-refractivity contribution in [2.45, 2.75) is 50.9 Å². The fourth-order valence-corrected chi connectivity index (χ4v) is 4.36. The van der Waals surface area contributed by atoms with E-state index in [0.29, 0.717) is 36.1 Å². The van der Waals surface area contributed by atoms with Crippen LogP contribution >= 0.6 is 0 Å². The lowest BCUT2D eigenvalue weighted by Gasteiger charge is -2.34. The molecule has 2 aromatic carbocycles. The summed E-state index contributed by atoms with van der Waals surface area (Å²) in [5, 5.41) is 9.74. The predicted octanol–water partition coefficient (Wildman–Crippen LogP) is 4.31. The number of nitriles is 1. The van der Waals surface area contributed by atoms with Crippen LogP contribution in [-0.4, -0.2) is 34.9 Å². The van der Waals surface area contributed by atoms with Crippen LogP contribution in [0.4, 0.5) is 4.79 Å². The number of rotatable bonds is 4. The second kappa shape index (κ2) is 8.91. The molecule has 1 aliphatic carbocycles. The molecule has 2 aliphatic rings. The molecule has 1 heterocycles. The van der Waals surface area contributed by atoms with Gasteiger partial charge in [-0.05, 0) is 78.8 Å². The quantitative estimate of drug-likeness (QED) is 0.457. The van der Waals surface area contributed by atoms with Gasteiger partial charge in [0.2, 0.25) is 0 Å². The zero-order valence-electron chi connectivity index (χ0n) is 17.9. The summed E-state index contributed by atoms with van der Waals surface area (Å²) in [5.74, 6) is 6.33. The number of imide groups is 1. The Bertz CT molecular complexity index is 1010. The first-order valence-corrected chi connectivity index (χ1v) is 11.0. The molecule has 1 aliphatic heterocycles. The highest BCUT2D eigenvalue weighted by molar-refractivity contribution is 6.04. The molecule has 3 amide bonds. The van der Waals surface area contributed by atoms with Crippen LogP contribution in [0.25, 0.3) is 0 Å². The second-order valence-corrected chi connectivity index (χ2v) is 8.50. The van der Waals surface area contributed by atoms with E-state index in [0.717, 1.165) is 42.7 Å². The van der Waals surface area contributed by atoms with Crippen molar-refractivity contribution in [2.75, 3.05) is 13.1 Å².